The molecule has 2 heteroatoms. The van der Waals surface area contributed by atoms with E-state index in [1.54, 1.807) is 7.11 Å². The van der Waals surface area contributed by atoms with Crippen molar-refractivity contribution >= 4 is 22.6 Å². The molecule has 1 aromatic carbocycles. The van der Waals surface area contributed by atoms with Gasteiger partial charge in [-0.15, -0.1) is 0 Å². The number of ether oxygens (including phenoxy) is 1. The van der Waals surface area contributed by atoms with Crippen LogP contribution in [-0.2, 0) is 0 Å². The molecule has 0 fully saturated rings. The summed E-state index contributed by atoms with van der Waals surface area (Å²) in [5.41, 5.74) is 1.37. The van der Waals surface area contributed by atoms with Crippen molar-refractivity contribution in [1.29, 1.82) is 0 Å². The van der Waals surface area contributed by atoms with Crippen LogP contribution in [0.15, 0.2) is 24.3 Å². The molecule has 0 aliphatic heterocycles. The fraction of sp³-hybridized carbons (Fsp3) is 0.400. The SMILES string of the molecule is CCC(I)c1ccc(OC)cc1. The molecule has 0 saturated heterocycles. The lowest BCUT2D eigenvalue weighted by Crippen LogP contribution is -1.87. The minimum Gasteiger partial charge on any atom is -0.497 e. The van der Waals surface area contributed by atoms with Crippen molar-refractivity contribution in [2.24, 2.45) is 0 Å². The lowest BCUT2D eigenvalue weighted by atomic mass is 10.1. The van der Waals surface area contributed by atoms with E-state index in [0.29, 0.717) is 3.92 Å². The van der Waals surface area contributed by atoms with Crippen LogP contribution in [0.4, 0.5) is 0 Å². The molecule has 12 heavy (non-hydrogen) atoms. The number of halogens is 1. The van der Waals surface area contributed by atoms with Crippen LogP contribution >= 0.6 is 22.6 Å². The molecule has 1 nitrogen and oxygen atoms in total. The molecule has 0 radical (unpaired) electrons. The Kier molecular flexibility index (Phi) is 3.85. The molecule has 66 valence electrons. The molecule has 1 atom stereocenters. The Morgan fingerprint density at radius 3 is 2.33 bits per heavy atom. The Hall–Kier alpha value is -0.250. The molecule has 0 aromatic heterocycles. The maximum atomic E-state index is 5.08. The monoisotopic (exact) mass is 276 g/mol. The van der Waals surface area contributed by atoms with Crippen LogP contribution in [0.2, 0.25) is 0 Å². The summed E-state index contributed by atoms with van der Waals surface area (Å²) in [6.07, 6.45) is 1.17. The smallest absolute Gasteiger partial charge is 0.118 e. The molecule has 1 aromatic rings. The Morgan fingerprint density at radius 2 is 1.92 bits per heavy atom. The number of benzene rings is 1. The van der Waals surface area contributed by atoms with Crippen LogP contribution in [0, 0.1) is 0 Å². The zero-order chi connectivity index (χ0) is 8.97. The quantitative estimate of drug-likeness (QED) is 0.605. The average molecular weight is 276 g/mol. The highest BCUT2D eigenvalue weighted by atomic mass is 127. The fourth-order valence-corrected chi connectivity index (χ4v) is 1.46. The number of hydrogen-bond acceptors (Lipinski definition) is 1. The lowest BCUT2D eigenvalue weighted by molar-refractivity contribution is 0.414. The van der Waals surface area contributed by atoms with Gasteiger partial charge in [0.05, 0.1) is 7.11 Å². The third-order valence-electron chi connectivity index (χ3n) is 1.84. The lowest BCUT2D eigenvalue weighted by Gasteiger charge is -2.07. The molecule has 0 N–H and O–H groups in total. The summed E-state index contributed by atoms with van der Waals surface area (Å²) in [5, 5.41) is 0. The zero-order valence-corrected chi connectivity index (χ0v) is 9.54. The third kappa shape index (κ3) is 2.37. The van der Waals surface area contributed by atoms with Crippen LogP contribution in [0.25, 0.3) is 0 Å². The summed E-state index contributed by atoms with van der Waals surface area (Å²) in [6.45, 7) is 2.20. The number of hydrogen-bond donors (Lipinski definition) is 0. The average Bonchev–Trinajstić information content (AvgIpc) is 2.17. The van der Waals surface area contributed by atoms with Gasteiger partial charge in [0.25, 0.3) is 0 Å². The van der Waals surface area contributed by atoms with E-state index in [-0.39, 0.29) is 0 Å². The first kappa shape index (κ1) is 9.84. The van der Waals surface area contributed by atoms with E-state index in [1.165, 1.54) is 12.0 Å². The zero-order valence-electron chi connectivity index (χ0n) is 7.38. The molecule has 0 aliphatic rings. The van der Waals surface area contributed by atoms with Gasteiger partial charge in [0.1, 0.15) is 5.75 Å². The molecule has 0 aliphatic carbocycles. The van der Waals surface area contributed by atoms with E-state index in [0.717, 1.165) is 5.75 Å². The van der Waals surface area contributed by atoms with Crippen LogP contribution in [-0.4, -0.2) is 7.11 Å². The van der Waals surface area contributed by atoms with Gasteiger partial charge in [-0.3, -0.25) is 0 Å². The van der Waals surface area contributed by atoms with Gasteiger partial charge in [0, 0.05) is 3.92 Å². The van der Waals surface area contributed by atoms with Gasteiger partial charge < -0.3 is 4.74 Å². The van der Waals surface area contributed by atoms with Gasteiger partial charge in [-0.1, -0.05) is 41.6 Å². The van der Waals surface area contributed by atoms with Crippen molar-refractivity contribution < 1.29 is 4.74 Å². The molecule has 1 unspecified atom stereocenters. The summed E-state index contributed by atoms with van der Waals surface area (Å²) in [6, 6.07) is 8.27. The second kappa shape index (κ2) is 4.70. The minimum atomic E-state index is 0.619. The van der Waals surface area contributed by atoms with Gasteiger partial charge in [0.2, 0.25) is 0 Å². The van der Waals surface area contributed by atoms with Gasteiger partial charge in [-0.2, -0.15) is 0 Å². The van der Waals surface area contributed by atoms with Crippen molar-refractivity contribution in [3.05, 3.63) is 29.8 Å². The summed E-state index contributed by atoms with van der Waals surface area (Å²) in [5.74, 6) is 0.929. The topological polar surface area (TPSA) is 9.23 Å². The molecule has 0 heterocycles. The predicted molar refractivity (Wildman–Crippen MR) is 60.0 cm³/mol. The minimum absolute atomic E-state index is 0.619. The Morgan fingerprint density at radius 1 is 1.33 bits per heavy atom. The summed E-state index contributed by atoms with van der Waals surface area (Å²) in [4.78, 5) is 0. The second-order valence-electron chi connectivity index (χ2n) is 2.65. The molecule has 0 bridgehead atoms. The molecular formula is C10H13IO. The third-order valence-corrected chi connectivity index (χ3v) is 3.44. The highest BCUT2D eigenvalue weighted by Crippen LogP contribution is 2.27. The largest absolute Gasteiger partial charge is 0.497 e. The first-order valence-corrected chi connectivity index (χ1v) is 5.30. The normalized spacial score (nSPS) is 12.6. The molecule has 0 amide bonds. The first-order chi connectivity index (χ1) is 5.77. The fourth-order valence-electron chi connectivity index (χ4n) is 1.05. The van der Waals surface area contributed by atoms with Crippen molar-refractivity contribution in [3.8, 4) is 5.75 Å². The second-order valence-corrected chi connectivity index (χ2v) is 4.15. The molecular weight excluding hydrogens is 263 g/mol. The van der Waals surface area contributed by atoms with Crippen molar-refractivity contribution in [2.45, 2.75) is 17.3 Å². The maximum absolute atomic E-state index is 5.08. The highest BCUT2D eigenvalue weighted by molar-refractivity contribution is 14.1. The Balaban J connectivity index is 2.77. The van der Waals surface area contributed by atoms with Crippen molar-refractivity contribution in [2.75, 3.05) is 7.11 Å². The maximum Gasteiger partial charge on any atom is 0.118 e. The van der Waals surface area contributed by atoms with E-state index in [1.807, 2.05) is 12.1 Å². The molecule has 0 saturated carbocycles. The standard InChI is InChI=1S/C10H13IO/c1-3-10(11)8-4-6-9(12-2)7-5-8/h4-7,10H,3H2,1-2H3. The van der Waals surface area contributed by atoms with Crippen LogP contribution < -0.4 is 4.74 Å². The summed E-state index contributed by atoms with van der Waals surface area (Å²) in [7, 11) is 1.69. The van der Waals surface area contributed by atoms with Gasteiger partial charge in [-0.25, -0.2) is 0 Å². The number of methoxy groups -OCH3 is 1. The van der Waals surface area contributed by atoms with Gasteiger partial charge >= 0.3 is 0 Å². The van der Waals surface area contributed by atoms with E-state index in [2.05, 4.69) is 41.6 Å². The molecule has 1 rings (SSSR count). The molecule has 0 spiro atoms. The van der Waals surface area contributed by atoms with E-state index >= 15 is 0 Å². The van der Waals surface area contributed by atoms with Crippen molar-refractivity contribution in [3.63, 3.8) is 0 Å². The Bertz CT molecular complexity index is 230. The van der Waals surface area contributed by atoms with Crippen LogP contribution in [0.1, 0.15) is 22.8 Å². The van der Waals surface area contributed by atoms with E-state index in [9.17, 15) is 0 Å². The van der Waals surface area contributed by atoms with Crippen LogP contribution in [0.3, 0.4) is 0 Å². The number of alkyl halides is 1. The highest BCUT2D eigenvalue weighted by Gasteiger charge is 2.03. The van der Waals surface area contributed by atoms with E-state index in [4.69, 9.17) is 4.74 Å². The first-order valence-electron chi connectivity index (χ1n) is 4.06. The number of rotatable bonds is 3. The van der Waals surface area contributed by atoms with Gasteiger partial charge in [-0.05, 0) is 24.1 Å². The van der Waals surface area contributed by atoms with Gasteiger partial charge in [0.15, 0.2) is 0 Å². The van der Waals surface area contributed by atoms with Crippen LogP contribution in [0.5, 0.6) is 5.75 Å². The Labute approximate surface area is 87.3 Å². The predicted octanol–water partition coefficient (Wildman–Crippen LogP) is 3.58. The van der Waals surface area contributed by atoms with E-state index < -0.39 is 0 Å². The van der Waals surface area contributed by atoms with Crippen molar-refractivity contribution in [1.82, 2.24) is 0 Å². The summed E-state index contributed by atoms with van der Waals surface area (Å²) >= 11 is 2.45. The summed E-state index contributed by atoms with van der Waals surface area (Å²) < 4.78 is 5.70.